The molecule has 0 bridgehead atoms. The molecule has 33 valence electrons. The minimum atomic E-state index is -0.259. The van der Waals surface area contributed by atoms with Crippen molar-refractivity contribution in [3.8, 4) is 0 Å². The van der Waals surface area contributed by atoms with Gasteiger partial charge in [-0.05, 0) is 0 Å². The fourth-order valence-electron chi connectivity index (χ4n) is 0.0880. The van der Waals surface area contributed by atoms with E-state index in [4.69, 9.17) is 5.41 Å². The second kappa shape index (κ2) is 2.38. The summed E-state index contributed by atoms with van der Waals surface area (Å²) in [6.45, 7) is 1.32. The molecule has 0 aromatic carbocycles. The molecule has 3 heteroatoms. The van der Waals surface area contributed by atoms with Crippen LogP contribution in [0.4, 0.5) is 0 Å². The van der Waals surface area contributed by atoms with Gasteiger partial charge in [0.2, 0.25) is 5.91 Å². The van der Waals surface area contributed by atoms with E-state index < -0.39 is 0 Å². The Balaban J connectivity index is 3.05. The van der Waals surface area contributed by atoms with Crippen molar-refractivity contribution < 1.29 is 4.79 Å². The summed E-state index contributed by atoms with van der Waals surface area (Å²) in [6, 6.07) is 0. The quantitative estimate of drug-likeness (QED) is 0.254. The fraction of sp³-hybridized carbons (Fsp3) is 0.333. The lowest BCUT2D eigenvalue weighted by Gasteiger charge is -1.80. The number of nitrogens with one attached hydrogen (secondary N) is 2. The Hall–Kier alpha value is -0.860. The van der Waals surface area contributed by atoms with Gasteiger partial charge in [-0.2, -0.15) is 0 Å². The maximum Gasteiger partial charge on any atom is 0.222 e. The molecule has 0 heterocycles. The molecule has 0 atom stereocenters. The molecule has 0 aliphatic heterocycles. The highest BCUT2D eigenvalue weighted by molar-refractivity contribution is 5.84. The molecule has 0 saturated carbocycles. The number of amides is 1. The van der Waals surface area contributed by atoms with E-state index >= 15 is 0 Å². The molecule has 0 unspecified atom stereocenters. The first-order valence-corrected chi connectivity index (χ1v) is 1.45. The third kappa shape index (κ3) is 3.14. The van der Waals surface area contributed by atoms with Gasteiger partial charge in [-0.15, -0.1) is 0 Å². The number of carbonyl (C=O) groups excluding carboxylic acids is 1. The normalized spacial score (nSPS) is 6.83. The van der Waals surface area contributed by atoms with Crippen LogP contribution >= 0.6 is 0 Å². The van der Waals surface area contributed by atoms with Gasteiger partial charge in [-0.25, -0.2) is 0 Å². The van der Waals surface area contributed by atoms with E-state index in [1.807, 2.05) is 5.32 Å². The largest absolute Gasteiger partial charge is 0.308 e. The number of hydrogen-bond acceptors (Lipinski definition) is 2. The van der Waals surface area contributed by atoms with Crippen LogP contribution in [0, 0.1) is 5.41 Å². The summed E-state index contributed by atoms with van der Waals surface area (Å²) in [5, 5.41) is 8.14. The van der Waals surface area contributed by atoms with Crippen molar-refractivity contribution in [2.45, 2.75) is 6.92 Å². The van der Waals surface area contributed by atoms with Crippen molar-refractivity contribution in [1.82, 2.24) is 5.32 Å². The molecule has 0 spiro atoms. The predicted octanol–water partition coefficient (Wildman–Crippen LogP) is -0.393. The average Bonchev–Trinajstić information content (AvgIpc) is 1.35. The molecule has 2 N–H and O–H groups in total. The third-order valence-electron chi connectivity index (χ3n) is 0.239. The van der Waals surface area contributed by atoms with Crippen molar-refractivity contribution in [1.29, 1.82) is 5.41 Å². The van der Waals surface area contributed by atoms with Crippen molar-refractivity contribution in [2.75, 3.05) is 0 Å². The second-order valence-electron chi connectivity index (χ2n) is 0.806. The van der Waals surface area contributed by atoms with E-state index in [0.29, 0.717) is 0 Å². The Labute approximate surface area is 35.9 Å². The van der Waals surface area contributed by atoms with E-state index in [2.05, 4.69) is 0 Å². The second-order valence-corrected chi connectivity index (χ2v) is 0.806. The molecule has 0 aliphatic carbocycles. The molecular formula is C3H5N2O. The maximum atomic E-state index is 9.75. The molecular weight excluding hydrogens is 80.0 g/mol. The van der Waals surface area contributed by atoms with Crippen molar-refractivity contribution in [3.63, 3.8) is 0 Å². The highest BCUT2D eigenvalue weighted by Crippen LogP contribution is 1.47. The zero-order chi connectivity index (χ0) is 4.99. The smallest absolute Gasteiger partial charge is 0.222 e. The van der Waals surface area contributed by atoms with Gasteiger partial charge in [0.05, 0.1) is 0 Å². The molecule has 0 rings (SSSR count). The van der Waals surface area contributed by atoms with Crippen LogP contribution in [0.1, 0.15) is 6.92 Å². The molecule has 0 aromatic heterocycles. The maximum absolute atomic E-state index is 9.75. The highest BCUT2D eigenvalue weighted by Gasteiger charge is 1.78. The lowest BCUT2D eigenvalue weighted by molar-refractivity contribution is -0.117. The Morgan fingerprint density at radius 3 is 2.50 bits per heavy atom. The van der Waals surface area contributed by atoms with Gasteiger partial charge >= 0.3 is 0 Å². The Kier molecular flexibility index (Phi) is 2.04. The first kappa shape index (κ1) is 5.14. The molecule has 0 saturated heterocycles. The van der Waals surface area contributed by atoms with E-state index in [9.17, 15) is 4.79 Å². The van der Waals surface area contributed by atoms with Crippen LogP contribution in [0.5, 0.6) is 0 Å². The molecule has 6 heavy (non-hydrogen) atoms. The van der Waals surface area contributed by atoms with Gasteiger partial charge in [-0.1, -0.05) is 0 Å². The third-order valence-corrected chi connectivity index (χ3v) is 0.239. The monoisotopic (exact) mass is 85.0 g/mol. The zero-order valence-electron chi connectivity index (χ0n) is 3.41. The van der Waals surface area contributed by atoms with Crippen molar-refractivity contribution in [3.05, 3.63) is 0 Å². The lowest BCUT2D eigenvalue weighted by Crippen LogP contribution is -2.15. The van der Waals surface area contributed by atoms with Crippen LogP contribution < -0.4 is 5.32 Å². The molecule has 0 aliphatic rings. The van der Waals surface area contributed by atoms with E-state index in [1.54, 1.807) is 6.34 Å². The zero-order valence-corrected chi connectivity index (χ0v) is 3.41. The van der Waals surface area contributed by atoms with E-state index in [1.165, 1.54) is 6.92 Å². The van der Waals surface area contributed by atoms with Crippen molar-refractivity contribution >= 4 is 12.2 Å². The Morgan fingerprint density at radius 1 is 2.00 bits per heavy atom. The topological polar surface area (TPSA) is 53.0 Å². The summed E-state index contributed by atoms with van der Waals surface area (Å²) >= 11 is 0. The molecule has 0 aromatic rings. The van der Waals surface area contributed by atoms with Gasteiger partial charge in [0.15, 0.2) is 6.34 Å². The standard InChI is InChI=1S/C3H5N2O/c1-3(6)5-2-4/h1H3,(H2,4,5,6). The van der Waals surface area contributed by atoms with Gasteiger partial charge < -0.3 is 5.32 Å². The summed E-state index contributed by atoms with van der Waals surface area (Å²) in [4.78, 5) is 9.75. The number of rotatable bonds is 1. The van der Waals surface area contributed by atoms with Gasteiger partial charge in [-0.3, -0.25) is 10.2 Å². The molecule has 0 fully saturated rings. The number of carbonyl (C=O) groups is 1. The van der Waals surface area contributed by atoms with Crippen LogP contribution in [0.3, 0.4) is 0 Å². The fourth-order valence-corrected chi connectivity index (χ4v) is 0.0880. The first-order valence-electron chi connectivity index (χ1n) is 1.45. The van der Waals surface area contributed by atoms with Crippen LogP contribution in [0.15, 0.2) is 0 Å². The Bertz CT molecular complexity index is 69.2. The van der Waals surface area contributed by atoms with Crippen molar-refractivity contribution in [2.24, 2.45) is 0 Å². The molecule has 3 nitrogen and oxygen atoms in total. The minimum Gasteiger partial charge on any atom is -0.308 e. The van der Waals surface area contributed by atoms with Crippen LogP contribution in [-0.2, 0) is 4.79 Å². The predicted molar refractivity (Wildman–Crippen MR) is 21.5 cm³/mol. The lowest BCUT2D eigenvalue weighted by atomic mass is 10.7. The average molecular weight is 85.1 g/mol. The summed E-state index contributed by atoms with van der Waals surface area (Å²) in [5.41, 5.74) is 0. The van der Waals surface area contributed by atoms with E-state index in [0.717, 1.165) is 0 Å². The molecule has 1 amide bonds. The summed E-state index contributed by atoms with van der Waals surface area (Å²) in [5.74, 6) is -0.259. The summed E-state index contributed by atoms with van der Waals surface area (Å²) < 4.78 is 0. The van der Waals surface area contributed by atoms with Crippen LogP contribution in [-0.4, -0.2) is 12.2 Å². The Morgan fingerprint density at radius 2 is 2.50 bits per heavy atom. The van der Waals surface area contributed by atoms with Gasteiger partial charge in [0, 0.05) is 6.92 Å². The highest BCUT2D eigenvalue weighted by atomic mass is 16.1. The SMILES string of the molecule is CC(=O)N[C]=N. The van der Waals surface area contributed by atoms with E-state index in [-0.39, 0.29) is 5.91 Å². The van der Waals surface area contributed by atoms with Gasteiger partial charge in [0.25, 0.3) is 0 Å². The molecule has 1 radical (unpaired) electrons. The summed E-state index contributed by atoms with van der Waals surface area (Å²) in [7, 11) is 0. The van der Waals surface area contributed by atoms with Gasteiger partial charge in [0.1, 0.15) is 0 Å². The van der Waals surface area contributed by atoms with Crippen LogP contribution in [0.2, 0.25) is 0 Å². The first-order chi connectivity index (χ1) is 2.77. The minimum absolute atomic E-state index is 0.259. The van der Waals surface area contributed by atoms with Crippen LogP contribution in [0.25, 0.3) is 0 Å². The number of hydrogen-bond donors (Lipinski definition) is 2. The summed E-state index contributed by atoms with van der Waals surface area (Å²) in [6.07, 6.45) is 1.72.